The number of carbonyl (C=O) groups excluding carboxylic acids is 2. The molecule has 5 heteroatoms. The van der Waals surface area contributed by atoms with Crippen LogP contribution in [-0.2, 0) is 14.3 Å². The van der Waals surface area contributed by atoms with Crippen molar-refractivity contribution in [1.82, 2.24) is 0 Å². The number of methoxy groups -OCH3 is 1. The number of anilines is 1. The van der Waals surface area contributed by atoms with Gasteiger partial charge in [0.15, 0.2) is 0 Å². The molecular formula is C13H16BrNO3. The molecule has 4 nitrogen and oxygen atoms in total. The SMILES string of the molecule is COC(=O)CCCC(=O)Nc1cc(C)ccc1Br. The van der Waals surface area contributed by atoms with Crippen LogP contribution in [0.15, 0.2) is 22.7 Å². The molecule has 0 saturated carbocycles. The summed E-state index contributed by atoms with van der Waals surface area (Å²) in [5.41, 5.74) is 1.82. The van der Waals surface area contributed by atoms with E-state index in [0.29, 0.717) is 12.8 Å². The molecule has 0 fully saturated rings. The number of aryl methyl sites for hydroxylation is 1. The Hall–Kier alpha value is -1.36. The molecule has 0 radical (unpaired) electrons. The summed E-state index contributed by atoms with van der Waals surface area (Å²) in [7, 11) is 1.34. The second-order valence-corrected chi connectivity index (χ2v) is 4.82. The summed E-state index contributed by atoms with van der Waals surface area (Å²) in [5, 5.41) is 2.80. The summed E-state index contributed by atoms with van der Waals surface area (Å²) in [5.74, 6) is -0.398. The highest BCUT2D eigenvalue weighted by atomic mass is 79.9. The molecule has 0 atom stereocenters. The second-order valence-electron chi connectivity index (χ2n) is 3.96. The van der Waals surface area contributed by atoms with Crippen molar-refractivity contribution < 1.29 is 14.3 Å². The standard InChI is InChI=1S/C13H16BrNO3/c1-9-6-7-10(14)11(8-9)15-12(16)4-3-5-13(17)18-2/h6-8H,3-5H2,1-2H3,(H,15,16). The highest BCUT2D eigenvalue weighted by molar-refractivity contribution is 9.10. The van der Waals surface area contributed by atoms with E-state index in [2.05, 4.69) is 26.0 Å². The predicted molar refractivity (Wildman–Crippen MR) is 73.4 cm³/mol. The van der Waals surface area contributed by atoms with Crippen LogP contribution in [0.25, 0.3) is 0 Å². The molecule has 1 rings (SSSR count). The lowest BCUT2D eigenvalue weighted by Gasteiger charge is -2.08. The van der Waals surface area contributed by atoms with E-state index in [4.69, 9.17) is 0 Å². The molecule has 1 amide bonds. The minimum Gasteiger partial charge on any atom is -0.469 e. The molecule has 0 heterocycles. The van der Waals surface area contributed by atoms with Crippen LogP contribution in [0.1, 0.15) is 24.8 Å². The number of ether oxygens (including phenoxy) is 1. The normalized spacial score (nSPS) is 9.94. The first kappa shape index (κ1) is 14.7. The quantitative estimate of drug-likeness (QED) is 0.850. The van der Waals surface area contributed by atoms with Crippen molar-refractivity contribution in [2.24, 2.45) is 0 Å². The van der Waals surface area contributed by atoms with Gasteiger partial charge in [0.05, 0.1) is 12.8 Å². The number of rotatable bonds is 5. The van der Waals surface area contributed by atoms with E-state index >= 15 is 0 Å². The minimum atomic E-state index is -0.292. The fourth-order valence-electron chi connectivity index (χ4n) is 1.44. The van der Waals surface area contributed by atoms with E-state index in [1.54, 1.807) is 0 Å². The number of esters is 1. The number of benzene rings is 1. The zero-order valence-electron chi connectivity index (χ0n) is 10.5. The number of hydrogen-bond donors (Lipinski definition) is 1. The van der Waals surface area contributed by atoms with Gasteiger partial charge in [-0.05, 0) is 47.0 Å². The Morgan fingerprint density at radius 3 is 2.72 bits per heavy atom. The van der Waals surface area contributed by atoms with Gasteiger partial charge < -0.3 is 10.1 Å². The van der Waals surface area contributed by atoms with Gasteiger partial charge in [0.25, 0.3) is 0 Å². The summed E-state index contributed by atoms with van der Waals surface area (Å²) in [4.78, 5) is 22.6. The van der Waals surface area contributed by atoms with Crippen LogP contribution in [0.3, 0.4) is 0 Å². The van der Waals surface area contributed by atoms with Gasteiger partial charge in [-0.25, -0.2) is 0 Å². The number of halogens is 1. The number of amides is 1. The summed E-state index contributed by atoms with van der Waals surface area (Å²) >= 11 is 3.37. The topological polar surface area (TPSA) is 55.4 Å². The monoisotopic (exact) mass is 313 g/mol. The number of hydrogen-bond acceptors (Lipinski definition) is 3. The molecule has 0 unspecified atom stereocenters. The molecule has 98 valence electrons. The van der Waals surface area contributed by atoms with E-state index in [9.17, 15) is 9.59 Å². The van der Waals surface area contributed by atoms with Gasteiger partial charge in [-0.1, -0.05) is 6.07 Å². The van der Waals surface area contributed by atoms with Crippen molar-refractivity contribution in [1.29, 1.82) is 0 Å². The van der Waals surface area contributed by atoms with Crippen LogP contribution in [0.5, 0.6) is 0 Å². The Morgan fingerprint density at radius 1 is 1.33 bits per heavy atom. The summed E-state index contributed by atoms with van der Waals surface area (Å²) in [6, 6.07) is 5.73. The van der Waals surface area contributed by atoms with Crippen LogP contribution in [0.4, 0.5) is 5.69 Å². The lowest BCUT2D eigenvalue weighted by Crippen LogP contribution is -2.12. The minimum absolute atomic E-state index is 0.106. The molecule has 1 N–H and O–H groups in total. The Kier molecular flexibility index (Phi) is 5.85. The molecule has 1 aromatic rings. The first-order valence-corrected chi connectivity index (χ1v) is 6.45. The maximum absolute atomic E-state index is 11.7. The molecule has 0 bridgehead atoms. The van der Waals surface area contributed by atoms with Gasteiger partial charge in [-0.15, -0.1) is 0 Å². The Labute approximate surface area is 115 Å². The number of nitrogens with one attached hydrogen (secondary N) is 1. The zero-order valence-corrected chi connectivity index (χ0v) is 12.0. The maximum Gasteiger partial charge on any atom is 0.305 e. The average molecular weight is 314 g/mol. The molecule has 0 aliphatic carbocycles. The first-order valence-electron chi connectivity index (χ1n) is 5.65. The highest BCUT2D eigenvalue weighted by Gasteiger charge is 2.07. The first-order chi connectivity index (χ1) is 8.52. The van der Waals surface area contributed by atoms with Crippen molar-refractivity contribution in [2.75, 3.05) is 12.4 Å². The largest absolute Gasteiger partial charge is 0.469 e. The van der Waals surface area contributed by atoms with Gasteiger partial charge in [0.1, 0.15) is 0 Å². The highest BCUT2D eigenvalue weighted by Crippen LogP contribution is 2.23. The summed E-state index contributed by atoms with van der Waals surface area (Å²) in [6.45, 7) is 1.96. The van der Waals surface area contributed by atoms with Crippen molar-refractivity contribution in [3.05, 3.63) is 28.2 Å². The molecule has 0 aliphatic rings. The average Bonchev–Trinajstić information content (AvgIpc) is 2.33. The predicted octanol–water partition coefficient (Wildman–Crippen LogP) is 3.04. The van der Waals surface area contributed by atoms with Crippen molar-refractivity contribution in [3.8, 4) is 0 Å². The van der Waals surface area contributed by atoms with E-state index in [1.807, 2.05) is 25.1 Å². The third-order valence-corrected chi connectivity index (χ3v) is 3.10. The van der Waals surface area contributed by atoms with Crippen LogP contribution in [0.2, 0.25) is 0 Å². The van der Waals surface area contributed by atoms with E-state index in [1.165, 1.54) is 7.11 Å². The maximum atomic E-state index is 11.7. The summed E-state index contributed by atoms with van der Waals surface area (Å²) in [6.07, 6.45) is 1.05. The van der Waals surface area contributed by atoms with Gasteiger partial charge >= 0.3 is 5.97 Å². The van der Waals surface area contributed by atoms with Crippen molar-refractivity contribution in [3.63, 3.8) is 0 Å². The van der Waals surface area contributed by atoms with E-state index < -0.39 is 0 Å². The number of carbonyl (C=O) groups is 2. The van der Waals surface area contributed by atoms with E-state index in [0.717, 1.165) is 15.7 Å². The van der Waals surface area contributed by atoms with Gasteiger partial charge in [-0.3, -0.25) is 9.59 Å². The fraction of sp³-hybridized carbons (Fsp3) is 0.385. The Bertz CT molecular complexity index is 446. The van der Waals surface area contributed by atoms with Gasteiger partial charge in [-0.2, -0.15) is 0 Å². The molecule has 0 aromatic heterocycles. The van der Waals surface area contributed by atoms with Crippen LogP contribution in [0, 0.1) is 6.92 Å². The Balaban J connectivity index is 2.44. The Morgan fingerprint density at radius 2 is 2.06 bits per heavy atom. The smallest absolute Gasteiger partial charge is 0.305 e. The fourth-order valence-corrected chi connectivity index (χ4v) is 1.79. The summed E-state index contributed by atoms with van der Waals surface area (Å²) < 4.78 is 5.35. The lowest BCUT2D eigenvalue weighted by molar-refractivity contribution is -0.140. The third kappa shape index (κ3) is 4.87. The third-order valence-electron chi connectivity index (χ3n) is 2.41. The van der Waals surface area contributed by atoms with Crippen LogP contribution >= 0.6 is 15.9 Å². The lowest BCUT2D eigenvalue weighted by atomic mass is 10.2. The van der Waals surface area contributed by atoms with Gasteiger partial charge in [0.2, 0.25) is 5.91 Å². The van der Waals surface area contributed by atoms with Gasteiger partial charge in [0, 0.05) is 17.3 Å². The second kappa shape index (κ2) is 7.16. The molecule has 0 aliphatic heterocycles. The van der Waals surface area contributed by atoms with Crippen LogP contribution in [-0.4, -0.2) is 19.0 Å². The molecule has 1 aromatic carbocycles. The van der Waals surface area contributed by atoms with E-state index in [-0.39, 0.29) is 18.3 Å². The van der Waals surface area contributed by atoms with Crippen molar-refractivity contribution in [2.45, 2.75) is 26.2 Å². The molecular weight excluding hydrogens is 298 g/mol. The molecule has 18 heavy (non-hydrogen) atoms. The van der Waals surface area contributed by atoms with Crippen LogP contribution < -0.4 is 5.32 Å². The molecule has 0 saturated heterocycles. The van der Waals surface area contributed by atoms with Crippen molar-refractivity contribution >= 4 is 33.5 Å². The zero-order chi connectivity index (χ0) is 13.5. The molecule has 0 spiro atoms.